The Morgan fingerprint density at radius 1 is 1.39 bits per heavy atom. The third kappa shape index (κ3) is 1.99. The molecule has 0 aromatic carbocycles. The molecule has 0 unspecified atom stereocenters. The van der Waals surface area contributed by atoms with E-state index in [0.717, 1.165) is 0 Å². The van der Waals surface area contributed by atoms with Crippen molar-refractivity contribution in [3.05, 3.63) is 12.7 Å². The first-order valence-corrected chi connectivity index (χ1v) is 5.90. The molecule has 2 N–H and O–H groups in total. The number of aliphatic hydroxyl groups is 2. The van der Waals surface area contributed by atoms with E-state index < -0.39 is 42.6 Å². The van der Waals surface area contributed by atoms with Crippen molar-refractivity contribution in [1.29, 1.82) is 0 Å². The van der Waals surface area contributed by atoms with Gasteiger partial charge in [-0.2, -0.15) is 0 Å². The highest BCUT2D eigenvalue weighted by Gasteiger charge is 2.63. The first-order chi connectivity index (χ1) is 8.39. The summed E-state index contributed by atoms with van der Waals surface area (Å²) < 4.78 is 22.5. The predicted octanol–water partition coefficient (Wildman–Crippen LogP) is -0.213. The van der Waals surface area contributed by atoms with E-state index in [2.05, 4.69) is 6.58 Å². The van der Waals surface area contributed by atoms with Crippen molar-refractivity contribution < 1.29 is 29.2 Å². The van der Waals surface area contributed by atoms with Gasteiger partial charge in [0.05, 0.1) is 6.61 Å². The summed E-state index contributed by atoms with van der Waals surface area (Å²) in [6, 6.07) is 0. The van der Waals surface area contributed by atoms with Gasteiger partial charge in [-0.1, -0.05) is 6.58 Å². The number of rotatable bonds is 4. The van der Waals surface area contributed by atoms with Crippen LogP contribution in [0.2, 0.25) is 0 Å². The zero-order chi connectivity index (χ0) is 13.6. The Bertz CT molecular complexity index is 331. The summed E-state index contributed by atoms with van der Waals surface area (Å²) in [5.74, 6) is -1.96. The van der Waals surface area contributed by atoms with E-state index in [1.165, 1.54) is 13.2 Å². The van der Waals surface area contributed by atoms with Gasteiger partial charge in [-0.15, -0.1) is 0 Å². The van der Waals surface area contributed by atoms with Gasteiger partial charge in [0.1, 0.15) is 24.4 Å². The Balaban J connectivity index is 2.31. The SMILES string of the molecule is C=C[C@]1(OC)O[C@H]([C@@H](O)CO)[C@H]2OC(C)(C)O[C@H]21. The number of hydrogen-bond acceptors (Lipinski definition) is 6. The minimum atomic E-state index is -1.17. The van der Waals surface area contributed by atoms with Gasteiger partial charge in [-0.05, 0) is 19.9 Å². The summed E-state index contributed by atoms with van der Waals surface area (Å²) in [6.07, 6.45) is -1.34. The normalized spacial score (nSPS) is 43.7. The van der Waals surface area contributed by atoms with Gasteiger partial charge in [0.25, 0.3) is 0 Å². The van der Waals surface area contributed by atoms with Gasteiger partial charge in [0.15, 0.2) is 5.79 Å². The quantitative estimate of drug-likeness (QED) is 0.681. The van der Waals surface area contributed by atoms with E-state index in [1.807, 2.05) is 0 Å². The summed E-state index contributed by atoms with van der Waals surface area (Å²) in [5.41, 5.74) is 0. The van der Waals surface area contributed by atoms with Crippen molar-refractivity contribution in [3.63, 3.8) is 0 Å². The van der Waals surface area contributed by atoms with E-state index in [4.69, 9.17) is 24.1 Å². The van der Waals surface area contributed by atoms with Gasteiger partial charge < -0.3 is 29.2 Å². The lowest BCUT2D eigenvalue weighted by atomic mass is 10.0. The second kappa shape index (κ2) is 4.56. The van der Waals surface area contributed by atoms with E-state index >= 15 is 0 Å². The fourth-order valence-corrected chi connectivity index (χ4v) is 2.50. The van der Waals surface area contributed by atoms with Crippen LogP contribution in [0, 0.1) is 0 Å². The number of ether oxygens (including phenoxy) is 4. The molecule has 18 heavy (non-hydrogen) atoms. The minimum absolute atomic E-state index is 0.422. The minimum Gasteiger partial charge on any atom is -0.394 e. The molecule has 2 aliphatic rings. The fourth-order valence-electron chi connectivity index (χ4n) is 2.50. The lowest BCUT2D eigenvalue weighted by Gasteiger charge is -2.31. The fraction of sp³-hybridized carbons (Fsp3) is 0.833. The molecule has 5 atom stereocenters. The van der Waals surface area contributed by atoms with Crippen LogP contribution >= 0.6 is 0 Å². The van der Waals surface area contributed by atoms with Crippen LogP contribution in [0.4, 0.5) is 0 Å². The molecule has 0 radical (unpaired) electrons. The van der Waals surface area contributed by atoms with E-state index in [9.17, 15) is 5.11 Å². The standard InChI is InChI=1S/C12H20O6/c1-5-12(15-4)10-9(16-11(2,3)18-10)8(17-12)7(14)6-13/h5,7-10,13-14H,1,6H2,2-4H3/t7-,8+,9+,10+,12-/m0/s1. The number of methoxy groups -OCH3 is 1. The Labute approximate surface area is 106 Å². The molecule has 2 heterocycles. The molecule has 0 aliphatic carbocycles. The third-order valence-electron chi connectivity index (χ3n) is 3.34. The summed E-state index contributed by atoms with van der Waals surface area (Å²) in [4.78, 5) is 0. The first kappa shape index (κ1) is 13.9. The molecule has 0 aromatic rings. The predicted molar refractivity (Wildman–Crippen MR) is 61.7 cm³/mol. The summed E-state index contributed by atoms with van der Waals surface area (Å²) in [6.45, 7) is 6.81. The van der Waals surface area contributed by atoms with Gasteiger partial charge in [0, 0.05) is 7.11 Å². The molecule has 0 spiro atoms. The molecular weight excluding hydrogens is 240 g/mol. The molecule has 0 saturated carbocycles. The van der Waals surface area contributed by atoms with Crippen LogP contribution in [0.25, 0.3) is 0 Å². The highest BCUT2D eigenvalue weighted by Crippen LogP contribution is 2.45. The molecule has 6 heteroatoms. The number of fused-ring (bicyclic) bond motifs is 1. The van der Waals surface area contributed by atoms with E-state index in [1.54, 1.807) is 13.8 Å². The smallest absolute Gasteiger partial charge is 0.217 e. The zero-order valence-electron chi connectivity index (χ0n) is 10.8. The van der Waals surface area contributed by atoms with Gasteiger partial charge in [-0.3, -0.25) is 0 Å². The Morgan fingerprint density at radius 2 is 2.06 bits per heavy atom. The number of aliphatic hydroxyl groups excluding tert-OH is 2. The number of hydrogen-bond donors (Lipinski definition) is 2. The first-order valence-electron chi connectivity index (χ1n) is 5.90. The van der Waals surface area contributed by atoms with Crippen LogP contribution in [0.1, 0.15) is 13.8 Å². The van der Waals surface area contributed by atoms with Crippen molar-refractivity contribution in [1.82, 2.24) is 0 Å². The molecule has 2 saturated heterocycles. The highest BCUT2D eigenvalue weighted by molar-refractivity contribution is 5.11. The molecular formula is C12H20O6. The topological polar surface area (TPSA) is 77.4 Å². The molecule has 0 aromatic heterocycles. The zero-order valence-corrected chi connectivity index (χ0v) is 10.8. The molecule has 0 bridgehead atoms. The van der Waals surface area contributed by atoms with Crippen molar-refractivity contribution in [3.8, 4) is 0 Å². The second-order valence-electron chi connectivity index (χ2n) is 4.98. The van der Waals surface area contributed by atoms with Crippen LogP contribution in [0.3, 0.4) is 0 Å². The van der Waals surface area contributed by atoms with Crippen LogP contribution in [0.15, 0.2) is 12.7 Å². The van der Waals surface area contributed by atoms with Crippen LogP contribution in [-0.2, 0) is 18.9 Å². The maximum absolute atomic E-state index is 9.80. The van der Waals surface area contributed by atoms with Crippen molar-refractivity contribution in [2.75, 3.05) is 13.7 Å². The lowest BCUT2D eigenvalue weighted by molar-refractivity contribution is -0.271. The summed E-state index contributed by atoms with van der Waals surface area (Å²) >= 11 is 0. The monoisotopic (exact) mass is 260 g/mol. The van der Waals surface area contributed by atoms with Crippen molar-refractivity contribution in [2.45, 2.75) is 49.8 Å². The van der Waals surface area contributed by atoms with E-state index in [0.29, 0.717) is 0 Å². The third-order valence-corrected chi connectivity index (χ3v) is 3.34. The maximum atomic E-state index is 9.80. The molecule has 104 valence electrons. The largest absolute Gasteiger partial charge is 0.394 e. The average Bonchev–Trinajstić information content (AvgIpc) is 2.80. The Hall–Kier alpha value is -0.500. The molecule has 2 rings (SSSR count). The highest BCUT2D eigenvalue weighted by atomic mass is 16.8. The lowest BCUT2D eigenvalue weighted by Crippen LogP contribution is -2.43. The average molecular weight is 260 g/mol. The summed E-state index contributed by atoms with van der Waals surface area (Å²) in [7, 11) is 1.47. The van der Waals surface area contributed by atoms with Gasteiger partial charge in [0.2, 0.25) is 5.79 Å². The van der Waals surface area contributed by atoms with Gasteiger partial charge in [-0.25, -0.2) is 0 Å². The molecule has 6 nitrogen and oxygen atoms in total. The van der Waals surface area contributed by atoms with E-state index in [-0.39, 0.29) is 0 Å². The van der Waals surface area contributed by atoms with Crippen molar-refractivity contribution in [2.24, 2.45) is 0 Å². The van der Waals surface area contributed by atoms with Gasteiger partial charge >= 0.3 is 0 Å². The molecule has 2 fully saturated rings. The molecule has 0 amide bonds. The van der Waals surface area contributed by atoms with Crippen LogP contribution < -0.4 is 0 Å². The van der Waals surface area contributed by atoms with Crippen LogP contribution in [-0.4, -0.2) is 59.9 Å². The summed E-state index contributed by atoms with van der Waals surface area (Å²) in [5, 5.41) is 18.9. The Kier molecular flexibility index (Phi) is 3.52. The second-order valence-corrected chi connectivity index (χ2v) is 4.98. The van der Waals surface area contributed by atoms with Crippen LogP contribution in [0.5, 0.6) is 0 Å². The maximum Gasteiger partial charge on any atom is 0.217 e. The Morgan fingerprint density at radius 3 is 2.56 bits per heavy atom. The molecule has 2 aliphatic heterocycles. The van der Waals surface area contributed by atoms with Crippen molar-refractivity contribution >= 4 is 0 Å².